The van der Waals surface area contributed by atoms with Gasteiger partial charge in [0.1, 0.15) is 0 Å². The van der Waals surface area contributed by atoms with Gasteiger partial charge in [-0.1, -0.05) is 26.2 Å². The molecule has 0 bridgehead atoms. The molecule has 0 saturated carbocycles. The predicted octanol–water partition coefficient (Wildman–Crippen LogP) is 5.37. The molecule has 178 valence electrons. The van der Waals surface area contributed by atoms with Crippen LogP contribution in [0.1, 0.15) is 114 Å². The first kappa shape index (κ1) is 26.1. The Morgan fingerprint density at radius 1 is 0.667 bits per heavy atom. The Morgan fingerprint density at radius 3 is 1.30 bits per heavy atom. The highest BCUT2D eigenvalue weighted by molar-refractivity contribution is 5.03. The summed E-state index contributed by atoms with van der Waals surface area (Å²) in [6.45, 7) is 21.6. The van der Waals surface area contributed by atoms with Crippen LogP contribution in [0.25, 0.3) is 0 Å². The molecule has 0 aromatic carbocycles. The lowest BCUT2D eigenvalue weighted by Crippen LogP contribution is -2.66. The van der Waals surface area contributed by atoms with Crippen molar-refractivity contribution in [2.45, 2.75) is 154 Å². The predicted molar refractivity (Wildman–Crippen MR) is 132 cm³/mol. The summed E-state index contributed by atoms with van der Waals surface area (Å²) >= 11 is 0. The maximum Gasteiger partial charge on any atom is 0.0575 e. The molecule has 2 aliphatic rings. The van der Waals surface area contributed by atoms with Gasteiger partial charge in [-0.15, -0.1) is 0 Å². The fourth-order valence-electron chi connectivity index (χ4n) is 6.36. The van der Waals surface area contributed by atoms with Crippen molar-refractivity contribution in [3.63, 3.8) is 0 Å². The molecular formula is C26H54N4. The molecule has 2 heterocycles. The van der Waals surface area contributed by atoms with Crippen LogP contribution < -0.4 is 10.6 Å². The van der Waals surface area contributed by atoms with Gasteiger partial charge in [-0.3, -0.25) is 20.4 Å². The first-order chi connectivity index (χ1) is 13.6. The fourth-order valence-corrected chi connectivity index (χ4v) is 6.36. The van der Waals surface area contributed by atoms with E-state index in [0.717, 1.165) is 0 Å². The van der Waals surface area contributed by atoms with E-state index in [4.69, 9.17) is 0 Å². The Kier molecular flexibility index (Phi) is 8.15. The van der Waals surface area contributed by atoms with Gasteiger partial charge in [0, 0.05) is 34.2 Å². The minimum Gasteiger partial charge on any atom is -0.299 e. The van der Waals surface area contributed by atoms with E-state index >= 15 is 0 Å². The summed E-state index contributed by atoms with van der Waals surface area (Å²) < 4.78 is 0. The van der Waals surface area contributed by atoms with E-state index in [9.17, 15) is 0 Å². The minimum absolute atomic E-state index is 0.227. The number of nitrogens with one attached hydrogen (secondary N) is 2. The van der Waals surface area contributed by atoms with Gasteiger partial charge in [-0.05, 0) is 102 Å². The van der Waals surface area contributed by atoms with Crippen LogP contribution in [0.3, 0.4) is 0 Å². The van der Waals surface area contributed by atoms with Gasteiger partial charge in [-0.25, -0.2) is 0 Å². The number of nitrogens with zero attached hydrogens (tertiary/aromatic N) is 2. The van der Waals surface area contributed by atoms with Crippen molar-refractivity contribution >= 4 is 0 Å². The average molecular weight is 423 g/mol. The lowest BCUT2D eigenvalue weighted by molar-refractivity contribution is -0.0294. The van der Waals surface area contributed by atoms with E-state index in [0.29, 0.717) is 18.2 Å². The maximum absolute atomic E-state index is 4.11. The zero-order valence-electron chi connectivity index (χ0n) is 22.3. The van der Waals surface area contributed by atoms with Gasteiger partial charge in [0.15, 0.2) is 0 Å². The van der Waals surface area contributed by atoms with Crippen LogP contribution in [0.5, 0.6) is 0 Å². The molecule has 4 heteroatoms. The monoisotopic (exact) mass is 422 g/mol. The third-order valence-corrected chi connectivity index (χ3v) is 8.59. The van der Waals surface area contributed by atoms with Crippen LogP contribution in [0.4, 0.5) is 0 Å². The normalized spacial score (nSPS) is 27.6. The Labute approximate surface area is 188 Å². The summed E-state index contributed by atoms with van der Waals surface area (Å²) in [5.41, 5.74) is 0.908. The number of likely N-dealkylation sites (tertiary alicyclic amines) is 2. The van der Waals surface area contributed by atoms with E-state index in [1.54, 1.807) is 0 Å². The zero-order valence-corrected chi connectivity index (χ0v) is 22.3. The number of hydrogen-bond donors (Lipinski definition) is 2. The summed E-state index contributed by atoms with van der Waals surface area (Å²) in [6, 6.07) is 1.13. The van der Waals surface area contributed by atoms with E-state index in [1.165, 1.54) is 51.4 Å². The smallest absolute Gasteiger partial charge is 0.0575 e. The van der Waals surface area contributed by atoms with Crippen LogP contribution >= 0.6 is 0 Å². The van der Waals surface area contributed by atoms with Crippen molar-refractivity contribution in [2.24, 2.45) is 0 Å². The standard InChI is InChI=1S/C26H54N4/c1-12-13-14-15-22(27-20-16-23(2,3)29(10)24(4,5)17-20)28-21-18-25(6,7)30(11)26(8,9)19-21/h20-22,27-28H,12-19H2,1-11H3. The molecule has 0 atom stereocenters. The van der Waals surface area contributed by atoms with E-state index in [1.807, 2.05) is 0 Å². The first-order valence-corrected chi connectivity index (χ1v) is 12.6. The van der Waals surface area contributed by atoms with Crippen LogP contribution in [0.2, 0.25) is 0 Å². The second kappa shape index (κ2) is 9.37. The third kappa shape index (κ3) is 6.21. The minimum atomic E-state index is 0.227. The number of piperidine rings is 2. The molecule has 2 rings (SSSR count). The molecule has 0 unspecified atom stereocenters. The van der Waals surface area contributed by atoms with Crippen molar-refractivity contribution in [2.75, 3.05) is 14.1 Å². The summed E-state index contributed by atoms with van der Waals surface area (Å²) in [6.07, 6.45) is 10.4. The molecule has 2 aliphatic heterocycles. The van der Waals surface area contributed by atoms with Gasteiger partial charge in [0.25, 0.3) is 0 Å². The summed E-state index contributed by atoms with van der Waals surface area (Å²) in [7, 11) is 4.60. The topological polar surface area (TPSA) is 30.5 Å². The third-order valence-electron chi connectivity index (χ3n) is 8.59. The Bertz CT molecular complexity index is 471. The molecule has 0 aromatic rings. The molecule has 0 spiro atoms. The van der Waals surface area contributed by atoms with Crippen molar-refractivity contribution in [3.05, 3.63) is 0 Å². The fraction of sp³-hybridized carbons (Fsp3) is 1.00. The Morgan fingerprint density at radius 2 is 1.00 bits per heavy atom. The molecule has 2 N–H and O–H groups in total. The highest BCUT2D eigenvalue weighted by Gasteiger charge is 2.45. The number of unbranched alkanes of at least 4 members (excludes halogenated alkanes) is 2. The van der Waals surface area contributed by atoms with Gasteiger partial charge in [0.2, 0.25) is 0 Å². The number of rotatable bonds is 8. The van der Waals surface area contributed by atoms with Gasteiger partial charge < -0.3 is 0 Å². The van der Waals surface area contributed by atoms with Crippen molar-refractivity contribution < 1.29 is 0 Å². The summed E-state index contributed by atoms with van der Waals surface area (Å²) in [5, 5.41) is 8.22. The lowest BCUT2D eigenvalue weighted by Gasteiger charge is -2.55. The van der Waals surface area contributed by atoms with Crippen LogP contribution in [-0.2, 0) is 0 Å². The van der Waals surface area contributed by atoms with Crippen LogP contribution in [0, 0.1) is 0 Å². The molecule has 0 radical (unpaired) electrons. The molecule has 0 aromatic heterocycles. The van der Waals surface area contributed by atoms with Gasteiger partial charge in [-0.2, -0.15) is 0 Å². The van der Waals surface area contributed by atoms with Gasteiger partial charge in [0.05, 0.1) is 6.17 Å². The highest BCUT2D eigenvalue weighted by Crippen LogP contribution is 2.38. The van der Waals surface area contributed by atoms with Crippen molar-refractivity contribution in [1.29, 1.82) is 0 Å². The second-order valence-corrected chi connectivity index (χ2v) is 13.0. The van der Waals surface area contributed by atoms with Crippen LogP contribution in [0.15, 0.2) is 0 Å². The SMILES string of the molecule is CCCCCC(NC1CC(C)(C)N(C)C(C)(C)C1)NC1CC(C)(C)N(C)C(C)(C)C1. The van der Waals surface area contributed by atoms with E-state index < -0.39 is 0 Å². The van der Waals surface area contributed by atoms with E-state index in [-0.39, 0.29) is 22.2 Å². The first-order valence-electron chi connectivity index (χ1n) is 12.6. The quantitative estimate of drug-likeness (QED) is 0.406. The molecule has 2 fully saturated rings. The lowest BCUT2D eigenvalue weighted by atomic mass is 9.77. The summed E-state index contributed by atoms with van der Waals surface area (Å²) in [5.74, 6) is 0. The molecular weight excluding hydrogens is 368 g/mol. The molecule has 4 nitrogen and oxygen atoms in total. The second-order valence-electron chi connectivity index (χ2n) is 13.0. The maximum atomic E-state index is 4.11. The molecule has 30 heavy (non-hydrogen) atoms. The molecule has 0 aliphatic carbocycles. The summed E-state index contributed by atoms with van der Waals surface area (Å²) in [4.78, 5) is 5.17. The average Bonchev–Trinajstić information content (AvgIpc) is 2.56. The molecule has 0 amide bonds. The van der Waals surface area contributed by atoms with Crippen LogP contribution in [-0.4, -0.2) is 64.3 Å². The Balaban J connectivity index is 2.11. The zero-order chi connectivity index (χ0) is 23.0. The molecule has 2 saturated heterocycles. The Hall–Kier alpha value is -0.160. The van der Waals surface area contributed by atoms with E-state index in [2.05, 4.69) is 96.8 Å². The largest absolute Gasteiger partial charge is 0.299 e. The highest BCUT2D eigenvalue weighted by atomic mass is 15.3. The van der Waals surface area contributed by atoms with Crippen molar-refractivity contribution in [3.8, 4) is 0 Å². The van der Waals surface area contributed by atoms with Gasteiger partial charge >= 0.3 is 0 Å². The van der Waals surface area contributed by atoms with Crippen molar-refractivity contribution in [1.82, 2.24) is 20.4 Å². The number of hydrogen-bond acceptors (Lipinski definition) is 4.